The monoisotopic (exact) mass is 290 g/mol. The first-order valence-corrected chi connectivity index (χ1v) is 10.1. The van der Waals surface area contributed by atoms with Gasteiger partial charge in [-0.05, 0) is 54.3 Å². The van der Waals surface area contributed by atoms with Crippen molar-refractivity contribution in [3.05, 3.63) is 0 Å². The van der Waals surface area contributed by atoms with Gasteiger partial charge in [0.2, 0.25) is 0 Å². The summed E-state index contributed by atoms with van der Waals surface area (Å²) in [5, 5.41) is 0. The second-order valence-electron chi connectivity index (χ2n) is 9.40. The van der Waals surface area contributed by atoms with E-state index >= 15 is 0 Å². The minimum atomic E-state index is 0.565. The van der Waals surface area contributed by atoms with Crippen LogP contribution >= 0.6 is 0 Å². The highest BCUT2D eigenvalue weighted by Crippen LogP contribution is 2.63. The Morgan fingerprint density at radius 3 is 1.81 bits per heavy atom. The molecule has 0 aromatic carbocycles. The fourth-order valence-corrected chi connectivity index (χ4v) is 6.65. The van der Waals surface area contributed by atoms with E-state index in [0.717, 1.165) is 17.8 Å². The van der Waals surface area contributed by atoms with E-state index in [0.29, 0.717) is 10.8 Å². The zero-order valence-corrected chi connectivity index (χ0v) is 14.9. The van der Waals surface area contributed by atoms with Crippen LogP contribution in [0.5, 0.6) is 0 Å². The Bertz CT molecular complexity index is 330. The van der Waals surface area contributed by atoms with Crippen molar-refractivity contribution >= 4 is 0 Å². The molecule has 0 N–H and O–H groups in total. The van der Waals surface area contributed by atoms with E-state index in [9.17, 15) is 0 Å². The van der Waals surface area contributed by atoms with Gasteiger partial charge in [0.25, 0.3) is 0 Å². The third kappa shape index (κ3) is 2.81. The van der Waals surface area contributed by atoms with Crippen molar-refractivity contribution in [1.82, 2.24) is 0 Å². The van der Waals surface area contributed by atoms with Crippen molar-refractivity contribution < 1.29 is 0 Å². The average Bonchev–Trinajstić information content (AvgIpc) is 2.51. The molecule has 0 amide bonds. The quantitative estimate of drug-likeness (QED) is 0.514. The normalized spacial score (nSPS) is 39.3. The van der Waals surface area contributed by atoms with Crippen LogP contribution in [-0.2, 0) is 0 Å². The first kappa shape index (κ1) is 15.9. The molecule has 0 nitrogen and oxygen atoms in total. The second-order valence-corrected chi connectivity index (χ2v) is 9.40. The van der Waals surface area contributed by atoms with Crippen molar-refractivity contribution in [2.45, 2.75) is 104 Å². The zero-order valence-electron chi connectivity index (χ0n) is 14.9. The Kier molecular flexibility index (Phi) is 4.72. The molecular formula is C21H38. The predicted octanol–water partition coefficient (Wildman–Crippen LogP) is 6.98. The summed E-state index contributed by atoms with van der Waals surface area (Å²) in [4.78, 5) is 0. The van der Waals surface area contributed by atoms with Crippen LogP contribution < -0.4 is 0 Å². The molecule has 3 aliphatic carbocycles. The number of rotatable bonds is 2. The molecule has 0 aromatic rings. The topological polar surface area (TPSA) is 0 Å². The lowest BCUT2D eigenvalue weighted by Gasteiger charge is -2.60. The maximum Gasteiger partial charge on any atom is -0.0215 e. The lowest BCUT2D eigenvalue weighted by atomic mass is 9.45. The Morgan fingerprint density at radius 1 is 0.619 bits per heavy atom. The summed E-state index contributed by atoms with van der Waals surface area (Å²) in [6, 6.07) is 0. The molecule has 21 heavy (non-hydrogen) atoms. The van der Waals surface area contributed by atoms with Gasteiger partial charge in [-0.1, -0.05) is 78.6 Å². The Hall–Kier alpha value is 0. The van der Waals surface area contributed by atoms with Crippen LogP contribution in [0.3, 0.4) is 0 Å². The molecule has 0 aromatic heterocycles. The van der Waals surface area contributed by atoms with Gasteiger partial charge in [0, 0.05) is 0 Å². The SMILES string of the molecule is CC1(C)CCCC(C2CCCCC2)C1(C)C1CCCCC1. The molecule has 0 heterocycles. The Morgan fingerprint density at radius 2 is 1.19 bits per heavy atom. The zero-order chi connectivity index (χ0) is 14.9. The van der Waals surface area contributed by atoms with Gasteiger partial charge in [-0.3, -0.25) is 0 Å². The molecule has 0 spiro atoms. The van der Waals surface area contributed by atoms with Crippen LogP contribution in [0.15, 0.2) is 0 Å². The van der Waals surface area contributed by atoms with Crippen LogP contribution in [0.4, 0.5) is 0 Å². The molecule has 0 radical (unpaired) electrons. The summed E-state index contributed by atoms with van der Waals surface area (Å²) in [6.45, 7) is 7.98. The fourth-order valence-electron chi connectivity index (χ4n) is 6.65. The maximum atomic E-state index is 2.74. The van der Waals surface area contributed by atoms with Crippen LogP contribution in [0.1, 0.15) is 104 Å². The van der Waals surface area contributed by atoms with E-state index in [-0.39, 0.29) is 0 Å². The molecule has 2 unspecified atom stereocenters. The summed E-state index contributed by atoms with van der Waals surface area (Å²) < 4.78 is 0. The molecule has 3 saturated carbocycles. The van der Waals surface area contributed by atoms with Gasteiger partial charge in [0.1, 0.15) is 0 Å². The molecule has 0 bridgehead atoms. The fraction of sp³-hybridized carbons (Fsp3) is 1.00. The van der Waals surface area contributed by atoms with Gasteiger partial charge in [0.05, 0.1) is 0 Å². The van der Waals surface area contributed by atoms with Gasteiger partial charge >= 0.3 is 0 Å². The van der Waals surface area contributed by atoms with E-state index in [4.69, 9.17) is 0 Å². The van der Waals surface area contributed by atoms with Crippen molar-refractivity contribution in [2.24, 2.45) is 28.6 Å². The smallest absolute Gasteiger partial charge is 0.0215 e. The van der Waals surface area contributed by atoms with Gasteiger partial charge < -0.3 is 0 Å². The predicted molar refractivity (Wildman–Crippen MR) is 92.4 cm³/mol. The summed E-state index contributed by atoms with van der Waals surface area (Å²) >= 11 is 0. The van der Waals surface area contributed by atoms with Gasteiger partial charge in [-0.15, -0.1) is 0 Å². The van der Waals surface area contributed by atoms with Crippen LogP contribution in [0.25, 0.3) is 0 Å². The van der Waals surface area contributed by atoms with E-state index in [1.165, 1.54) is 64.2 Å². The standard InChI is InChI=1S/C21H38/c1-20(2)16-10-15-19(17-11-6-4-7-12-17)21(20,3)18-13-8-5-9-14-18/h17-19H,4-16H2,1-3H3. The molecule has 122 valence electrons. The van der Waals surface area contributed by atoms with E-state index < -0.39 is 0 Å². The van der Waals surface area contributed by atoms with Gasteiger partial charge in [0.15, 0.2) is 0 Å². The van der Waals surface area contributed by atoms with Gasteiger partial charge in [-0.25, -0.2) is 0 Å². The number of hydrogen-bond donors (Lipinski definition) is 0. The molecule has 3 aliphatic rings. The van der Waals surface area contributed by atoms with Crippen molar-refractivity contribution in [2.75, 3.05) is 0 Å². The molecule has 0 aliphatic heterocycles. The Labute approximate surface area is 133 Å². The van der Waals surface area contributed by atoms with Crippen LogP contribution in [-0.4, -0.2) is 0 Å². The lowest BCUT2D eigenvalue weighted by Crippen LogP contribution is -2.52. The lowest BCUT2D eigenvalue weighted by molar-refractivity contribution is -0.112. The molecule has 0 heteroatoms. The largest absolute Gasteiger partial charge is 0.0594 e. The number of hydrogen-bond acceptors (Lipinski definition) is 0. The van der Waals surface area contributed by atoms with E-state index in [1.807, 2.05) is 0 Å². The first-order chi connectivity index (χ1) is 10.1. The van der Waals surface area contributed by atoms with Crippen molar-refractivity contribution in [3.63, 3.8) is 0 Å². The van der Waals surface area contributed by atoms with Crippen LogP contribution in [0, 0.1) is 28.6 Å². The molecule has 3 rings (SSSR count). The summed E-state index contributed by atoms with van der Waals surface area (Å²) in [7, 11) is 0. The highest BCUT2D eigenvalue weighted by atomic mass is 14.6. The highest BCUT2D eigenvalue weighted by Gasteiger charge is 2.54. The van der Waals surface area contributed by atoms with Crippen LogP contribution in [0.2, 0.25) is 0 Å². The minimum absolute atomic E-state index is 0.565. The highest BCUT2D eigenvalue weighted by molar-refractivity contribution is 5.03. The summed E-state index contributed by atoms with van der Waals surface area (Å²) in [5.41, 5.74) is 1.18. The second kappa shape index (κ2) is 6.25. The van der Waals surface area contributed by atoms with Gasteiger partial charge in [-0.2, -0.15) is 0 Å². The van der Waals surface area contributed by atoms with E-state index in [2.05, 4.69) is 20.8 Å². The molecule has 0 saturated heterocycles. The third-order valence-electron chi connectivity index (χ3n) is 8.22. The molecule has 2 atom stereocenters. The third-order valence-corrected chi connectivity index (χ3v) is 8.22. The average molecular weight is 291 g/mol. The van der Waals surface area contributed by atoms with Crippen molar-refractivity contribution in [3.8, 4) is 0 Å². The van der Waals surface area contributed by atoms with E-state index in [1.54, 1.807) is 19.3 Å². The summed E-state index contributed by atoms with van der Waals surface area (Å²) in [5.74, 6) is 3.11. The van der Waals surface area contributed by atoms with Crippen molar-refractivity contribution in [1.29, 1.82) is 0 Å². The minimum Gasteiger partial charge on any atom is -0.0594 e. The maximum absolute atomic E-state index is 2.74. The Balaban J connectivity index is 1.87. The first-order valence-electron chi connectivity index (χ1n) is 10.1. The summed E-state index contributed by atoms with van der Waals surface area (Å²) in [6.07, 6.45) is 19.7. The molecular weight excluding hydrogens is 252 g/mol. The molecule has 3 fully saturated rings.